The van der Waals surface area contributed by atoms with Crippen molar-refractivity contribution in [1.82, 2.24) is 0 Å². The van der Waals surface area contributed by atoms with Crippen molar-refractivity contribution in [2.75, 3.05) is 0 Å². The molecule has 0 aromatic rings. The zero-order valence-electron chi connectivity index (χ0n) is 6.72. The third-order valence-corrected chi connectivity index (χ3v) is 1.94. The quantitative estimate of drug-likeness (QED) is 0.517. The van der Waals surface area contributed by atoms with Gasteiger partial charge >= 0.3 is 0 Å². The van der Waals surface area contributed by atoms with Gasteiger partial charge < -0.3 is 0 Å². The van der Waals surface area contributed by atoms with E-state index in [9.17, 15) is 0 Å². The van der Waals surface area contributed by atoms with E-state index in [2.05, 4.69) is 38.7 Å². The fourth-order valence-corrected chi connectivity index (χ4v) is 1.22. The van der Waals surface area contributed by atoms with Crippen LogP contribution in [0.2, 0.25) is 0 Å². The molecule has 0 bridgehead atoms. The minimum atomic E-state index is 0.588. The molecule has 0 amide bonds. The van der Waals surface area contributed by atoms with Crippen molar-refractivity contribution < 1.29 is 0 Å². The maximum absolute atomic E-state index is 3.97. The molecule has 0 aliphatic heterocycles. The molecule has 54 valence electrons. The van der Waals surface area contributed by atoms with Gasteiger partial charge in [0, 0.05) is 5.92 Å². The predicted octanol–water partition coefficient (Wildman–Crippen LogP) is 3.08. The summed E-state index contributed by atoms with van der Waals surface area (Å²) in [6, 6.07) is 0. The van der Waals surface area contributed by atoms with Crippen LogP contribution in [-0.4, -0.2) is 0 Å². The molecule has 1 unspecified atom stereocenters. The highest BCUT2D eigenvalue weighted by molar-refractivity contribution is 5.35. The minimum absolute atomic E-state index is 0.588. The lowest BCUT2D eigenvalue weighted by atomic mass is 9.91. The van der Waals surface area contributed by atoms with Gasteiger partial charge in [0.05, 0.1) is 0 Å². The molecule has 0 aromatic carbocycles. The molecule has 0 spiro atoms. The van der Waals surface area contributed by atoms with Gasteiger partial charge in [0.15, 0.2) is 0 Å². The lowest BCUT2D eigenvalue weighted by Gasteiger charge is -2.14. The lowest BCUT2D eigenvalue weighted by Crippen LogP contribution is -2.00. The Balaban J connectivity index is 2.76. The van der Waals surface area contributed by atoms with Crippen molar-refractivity contribution in [3.63, 3.8) is 0 Å². The van der Waals surface area contributed by atoms with Gasteiger partial charge in [-0.3, -0.25) is 0 Å². The Labute approximate surface area is 62.9 Å². The SMILES string of the molecule is C=C1C=CC(C)=CC1CC. The third kappa shape index (κ3) is 1.38. The van der Waals surface area contributed by atoms with Gasteiger partial charge in [-0.15, -0.1) is 0 Å². The Bertz CT molecular complexity index is 194. The number of hydrogen-bond acceptors (Lipinski definition) is 0. The largest absolute Gasteiger partial charge is 0.0952 e. The van der Waals surface area contributed by atoms with E-state index in [1.54, 1.807) is 0 Å². The van der Waals surface area contributed by atoms with Crippen LogP contribution in [0.4, 0.5) is 0 Å². The molecule has 0 nitrogen and oxygen atoms in total. The van der Waals surface area contributed by atoms with Gasteiger partial charge in [-0.1, -0.05) is 37.3 Å². The molecule has 1 rings (SSSR count). The maximum Gasteiger partial charge on any atom is 0.00152 e. The zero-order chi connectivity index (χ0) is 7.56. The summed E-state index contributed by atoms with van der Waals surface area (Å²) >= 11 is 0. The number of rotatable bonds is 1. The molecule has 0 heteroatoms. The molecule has 10 heavy (non-hydrogen) atoms. The Morgan fingerprint density at radius 3 is 2.70 bits per heavy atom. The molecule has 1 aliphatic rings. The van der Waals surface area contributed by atoms with Crippen LogP contribution in [0.25, 0.3) is 0 Å². The Hall–Kier alpha value is -0.780. The highest BCUT2D eigenvalue weighted by atomic mass is 14.1. The van der Waals surface area contributed by atoms with Crippen LogP contribution in [0.3, 0.4) is 0 Å². The van der Waals surface area contributed by atoms with Crippen molar-refractivity contribution >= 4 is 0 Å². The van der Waals surface area contributed by atoms with E-state index in [-0.39, 0.29) is 0 Å². The number of hydrogen-bond donors (Lipinski definition) is 0. The van der Waals surface area contributed by atoms with E-state index in [4.69, 9.17) is 0 Å². The van der Waals surface area contributed by atoms with Gasteiger partial charge in [-0.25, -0.2) is 0 Å². The average Bonchev–Trinajstić information content (AvgIpc) is 1.94. The van der Waals surface area contributed by atoms with Gasteiger partial charge in [0.25, 0.3) is 0 Å². The van der Waals surface area contributed by atoms with Crippen molar-refractivity contribution in [2.24, 2.45) is 5.92 Å². The van der Waals surface area contributed by atoms with Crippen LogP contribution in [-0.2, 0) is 0 Å². The second-order valence-electron chi connectivity index (χ2n) is 2.83. The van der Waals surface area contributed by atoms with Crippen LogP contribution in [0.1, 0.15) is 20.3 Å². The third-order valence-electron chi connectivity index (χ3n) is 1.94. The summed E-state index contributed by atoms with van der Waals surface area (Å²) in [5, 5.41) is 0. The average molecular weight is 134 g/mol. The van der Waals surface area contributed by atoms with Gasteiger partial charge in [0.1, 0.15) is 0 Å². The first-order valence-electron chi connectivity index (χ1n) is 3.79. The van der Waals surface area contributed by atoms with E-state index in [1.165, 1.54) is 17.6 Å². The highest BCUT2D eigenvalue weighted by Gasteiger charge is 2.07. The number of allylic oxidation sites excluding steroid dienone is 5. The summed E-state index contributed by atoms with van der Waals surface area (Å²) in [6.07, 6.45) is 7.68. The van der Waals surface area contributed by atoms with Crippen LogP contribution >= 0.6 is 0 Å². The molecular formula is C10H14. The molecule has 0 heterocycles. The van der Waals surface area contributed by atoms with Crippen LogP contribution < -0.4 is 0 Å². The summed E-state index contributed by atoms with van der Waals surface area (Å²) in [5.41, 5.74) is 2.60. The Kier molecular flexibility index (Phi) is 2.10. The fourth-order valence-electron chi connectivity index (χ4n) is 1.22. The summed E-state index contributed by atoms with van der Waals surface area (Å²) in [5.74, 6) is 0.588. The van der Waals surface area contributed by atoms with E-state index in [0.29, 0.717) is 5.92 Å². The maximum atomic E-state index is 3.97. The standard InChI is InChI=1S/C10H14/c1-4-10-7-8(2)5-6-9(10)3/h5-7,10H,3-4H2,1-2H3. The van der Waals surface area contributed by atoms with E-state index < -0.39 is 0 Å². The van der Waals surface area contributed by atoms with Gasteiger partial charge in [-0.2, -0.15) is 0 Å². The molecular weight excluding hydrogens is 120 g/mol. The molecule has 0 N–H and O–H groups in total. The van der Waals surface area contributed by atoms with E-state index >= 15 is 0 Å². The minimum Gasteiger partial charge on any atom is -0.0952 e. The van der Waals surface area contributed by atoms with Crippen LogP contribution in [0.5, 0.6) is 0 Å². The van der Waals surface area contributed by atoms with Gasteiger partial charge in [-0.05, 0) is 18.9 Å². The molecule has 1 atom stereocenters. The molecule has 0 fully saturated rings. The molecule has 0 saturated heterocycles. The smallest absolute Gasteiger partial charge is 0.00152 e. The van der Waals surface area contributed by atoms with E-state index in [0.717, 1.165) is 0 Å². The van der Waals surface area contributed by atoms with E-state index in [1.807, 2.05) is 0 Å². The second kappa shape index (κ2) is 2.87. The monoisotopic (exact) mass is 134 g/mol. The normalized spacial score (nSPS) is 24.8. The molecule has 1 aliphatic carbocycles. The van der Waals surface area contributed by atoms with Gasteiger partial charge in [0.2, 0.25) is 0 Å². The first-order chi connectivity index (χ1) is 4.74. The first kappa shape index (κ1) is 7.33. The second-order valence-corrected chi connectivity index (χ2v) is 2.83. The molecule has 0 aromatic heterocycles. The summed E-state index contributed by atoms with van der Waals surface area (Å²) in [4.78, 5) is 0. The summed E-state index contributed by atoms with van der Waals surface area (Å²) in [6.45, 7) is 8.29. The molecule has 0 saturated carbocycles. The van der Waals surface area contributed by atoms with Crippen molar-refractivity contribution in [2.45, 2.75) is 20.3 Å². The van der Waals surface area contributed by atoms with Crippen molar-refractivity contribution in [1.29, 1.82) is 0 Å². The van der Waals surface area contributed by atoms with Crippen molar-refractivity contribution in [3.05, 3.63) is 36.0 Å². The lowest BCUT2D eigenvalue weighted by molar-refractivity contribution is 0.736. The van der Waals surface area contributed by atoms with Crippen LogP contribution in [0.15, 0.2) is 36.0 Å². The summed E-state index contributed by atoms with van der Waals surface area (Å²) < 4.78 is 0. The Morgan fingerprint density at radius 2 is 2.20 bits per heavy atom. The van der Waals surface area contributed by atoms with Crippen molar-refractivity contribution in [3.8, 4) is 0 Å². The fraction of sp³-hybridized carbons (Fsp3) is 0.400. The zero-order valence-corrected chi connectivity index (χ0v) is 6.72. The first-order valence-corrected chi connectivity index (χ1v) is 3.79. The summed E-state index contributed by atoms with van der Waals surface area (Å²) in [7, 11) is 0. The predicted molar refractivity (Wildman–Crippen MR) is 45.8 cm³/mol. The van der Waals surface area contributed by atoms with Crippen LogP contribution in [0, 0.1) is 5.92 Å². The molecule has 0 radical (unpaired) electrons. The topological polar surface area (TPSA) is 0 Å². The Morgan fingerprint density at radius 1 is 1.50 bits per heavy atom. The highest BCUT2D eigenvalue weighted by Crippen LogP contribution is 2.22.